The van der Waals surface area contributed by atoms with E-state index >= 15 is 0 Å². The molecule has 1 nitrogen and oxygen atoms in total. The topological polar surface area (TPSA) is 12.0 Å². The molecule has 1 heterocycles. The number of rotatable bonds is 0. The highest BCUT2D eigenvalue weighted by atomic mass is 32.2. The molecule has 0 aliphatic carbocycles. The van der Waals surface area contributed by atoms with Crippen LogP contribution in [-0.2, 0) is 0 Å². The number of anilines is 1. The van der Waals surface area contributed by atoms with E-state index in [9.17, 15) is 0 Å². The van der Waals surface area contributed by atoms with Gasteiger partial charge in [0.2, 0.25) is 0 Å². The Hall–Kier alpha value is -0.630. The molecule has 1 aromatic rings. The van der Waals surface area contributed by atoms with Gasteiger partial charge < -0.3 is 5.32 Å². The lowest BCUT2D eigenvalue weighted by Gasteiger charge is -2.04. The summed E-state index contributed by atoms with van der Waals surface area (Å²) >= 11 is 1.95. The Morgan fingerprint density at radius 2 is 2.18 bits per heavy atom. The molecule has 1 aromatic carbocycles. The molecule has 1 N–H and O–H groups in total. The van der Waals surface area contributed by atoms with Gasteiger partial charge in [0, 0.05) is 17.1 Å². The lowest BCUT2D eigenvalue weighted by molar-refractivity contribution is 0.999. The molecule has 1 aliphatic heterocycles. The fraction of sp³-hybridized carbons (Fsp3) is 0.333. The third-order valence-electron chi connectivity index (χ3n) is 1.78. The fourth-order valence-corrected chi connectivity index (χ4v) is 2.19. The van der Waals surface area contributed by atoms with Crippen LogP contribution >= 0.6 is 11.8 Å². The summed E-state index contributed by atoms with van der Waals surface area (Å²) in [7, 11) is 0. The van der Waals surface area contributed by atoms with Gasteiger partial charge in [0.1, 0.15) is 0 Å². The van der Waals surface area contributed by atoms with Crippen LogP contribution in [0.2, 0.25) is 0 Å². The number of nitrogens with one attached hydrogen (secondary N) is 1. The molecule has 0 bridgehead atoms. The van der Waals surface area contributed by atoms with E-state index in [-0.39, 0.29) is 0 Å². The first-order valence-corrected chi connectivity index (χ1v) is 4.91. The normalized spacial score (nSPS) is 16.4. The van der Waals surface area contributed by atoms with Crippen LogP contribution in [-0.4, -0.2) is 12.3 Å². The monoisotopic (exact) mass is 165 g/mol. The Morgan fingerprint density at radius 3 is 3.18 bits per heavy atom. The first-order valence-electron chi connectivity index (χ1n) is 3.92. The molecule has 58 valence electrons. The van der Waals surface area contributed by atoms with Gasteiger partial charge in [0.15, 0.2) is 0 Å². The third-order valence-corrected chi connectivity index (χ3v) is 2.94. The Labute approximate surface area is 71.2 Å². The predicted octanol–water partition coefficient (Wildman–Crippen LogP) is 2.59. The first kappa shape index (κ1) is 7.04. The molecule has 0 fully saturated rings. The zero-order valence-electron chi connectivity index (χ0n) is 6.34. The van der Waals surface area contributed by atoms with Crippen molar-refractivity contribution in [1.82, 2.24) is 0 Å². The third kappa shape index (κ3) is 1.51. The molecule has 0 unspecified atom stereocenters. The second-order valence-corrected chi connectivity index (χ2v) is 3.76. The smallest absolute Gasteiger partial charge is 0.0478 e. The minimum atomic E-state index is 1.12. The van der Waals surface area contributed by atoms with Crippen molar-refractivity contribution in [3.05, 3.63) is 24.3 Å². The van der Waals surface area contributed by atoms with Gasteiger partial charge in [-0.3, -0.25) is 0 Å². The Morgan fingerprint density at radius 1 is 1.27 bits per heavy atom. The molecule has 0 saturated heterocycles. The zero-order chi connectivity index (χ0) is 7.52. The molecule has 0 aromatic heterocycles. The Kier molecular flexibility index (Phi) is 2.04. The van der Waals surface area contributed by atoms with Gasteiger partial charge in [-0.1, -0.05) is 12.1 Å². The van der Waals surface area contributed by atoms with Gasteiger partial charge in [0.25, 0.3) is 0 Å². The number of benzene rings is 1. The van der Waals surface area contributed by atoms with Crippen LogP contribution in [0.25, 0.3) is 0 Å². The highest BCUT2D eigenvalue weighted by molar-refractivity contribution is 7.99. The zero-order valence-corrected chi connectivity index (χ0v) is 7.16. The molecular weight excluding hydrogens is 154 g/mol. The summed E-state index contributed by atoms with van der Waals surface area (Å²) in [6.45, 7) is 1.12. The van der Waals surface area contributed by atoms with E-state index in [0.29, 0.717) is 0 Å². The van der Waals surface area contributed by atoms with Crippen molar-refractivity contribution in [2.45, 2.75) is 11.3 Å². The number of hydrogen-bond donors (Lipinski definition) is 1. The molecule has 0 amide bonds. The summed E-state index contributed by atoms with van der Waals surface area (Å²) in [6, 6.07) is 8.50. The summed E-state index contributed by atoms with van der Waals surface area (Å²) in [5.41, 5.74) is 1.30. The molecule has 11 heavy (non-hydrogen) atoms. The molecule has 0 saturated carbocycles. The van der Waals surface area contributed by atoms with Crippen LogP contribution in [0.15, 0.2) is 29.2 Å². The van der Waals surface area contributed by atoms with Crippen LogP contribution in [0.1, 0.15) is 6.42 Å². The van der Waals surface area contributed by atoms with Gasteiger partial charge in [0.05, 0.1) is 0 Å². The SMILES string of the molecule is c1ccc2c(c1)NCCCS2. The van der Waals surface area contributed by atoms with E-state index in [2.05, 4.69) is 29.6 Å². The van der Waals surface area contributed by atoms with Crippen LogP contribution < -0.4 is 5.32 Å². The molecule has 0 atom stereocenters. The summed E-state index contributed by atoms with van der Waals surface area (Å²) in [5, 5.41) is 3.40. The molecule has 0 spiro atoms. The molecule has 1 aliphatic rings. The minimum absolute atomic E-state index is 1.12. The number of para-hydroxylation sites is 1. The van der Waals surface area contributed by atoms with Gasteiger partial charge in [-0.2, -0.15) is 0 Å². The first-order chi connectivity index (χ1) is 5.47. The lowest BCUT2D eigenvalue weighted by atomic mass is 10.3. The van der Waals surface area contributed by atoms with Crippen molar-refractivity contribution in [2.24, 2.45) is 0 Å². The minimum Gasteiger partial charge on any atom is -0.384 e. The van der Waals surface area contributed by atoms with Crippen molar-refractivity contribution in [3.8, 4) is 0 Å². The van der Waals surface area contributed by atoms with E-state index < -0.39 is 0 Å². The van der Waals surface area contributed by atoms with Crippen molar-refractivity contribution in [1.29, 1.82) is 0 Å². The standard InChI is InChI=1S/C9H11NS/c1-2-5-9-8(4-1)10-6-3-7-11-9/h1-2,4-5,10H,3,6-7H2. The summed E-state index contributed by atoms with van der Waals surface area (Å²) in [4.78, 5) is 1.39. The van der Waals surface area contributed by atoms with Crippen LogP contribution in [0.3, 0.4) is 0 Å². The van der Waals surface area contributed by atoms with Crippen LogP contribution in [0.4, 0.5) is 5.69 Å². The van der Waals surface area contributed by atoms with Gasteiger partial charge >= 0.3 is 0 Å². The van der Waals surface area contributed by atoms with Crippen molar-refractivity contribution < 1.29 is 0 Å². The summed E-state index contributed by atoms with van der Waals surface area (Å²) in [5.74, 6) is 1.24. The number of thioether (sulfide) groups is 1. The second-order valence-electron chi connectivity index (χ2n) is 2.62. The van der Waals surface area contributed by atoms with E-state index in [0.717, 1.165) is 6.54 Å². The van der Waals surface area contributed by atoms with Gasteiger partial charge in [-0.15, -0.1) is 11.8 Å². The van der Waals surface area contributed by atoms with E-state index in [1.54, 1.807) is 0 Å². The van der Waals surface area contributed by atoms with Gasteiger partial charge in [-0.05, 0) is 24.3 Å². The van der Waals surface area contributed by atoms with Crippen molar-refractivity contribution in [3.63, 3.8) is 0 Å². The highest BCUT2D eigenvalue weighted by Crippen LogP contribution is 2.29. The van der Waals surface area contributed by atoms with Crippen LogP contribution in [0.5, 0.6) is 0 Å². The van der Waals surface area contributed by atoms with Crippen molar-refractivity contribution in [2.75, 3.05) is 17.6 Å². The maximum Gasteiger partial charge on any atom is 0.0478 e. The predicted molar refractivity (Wildman–Crippen MR) is 50.3 cm³/mol. The van der Waals surface area contributed by atoms with Crippen molar-refractivity contribution >= 4 is 17.4 Å². The van der Waals surface area contributed by atoms with Gasteiger partial charge in [-0.25, -0.2) is 0 Å². The average Bonchev–Trinajstić information content (AvgIpc) is 2.28. The Bertz CT molecular complexity index is 222. The number of hydrogen-bond acceptors (Lipinski definition) is 2. The lowest BCUT2D eigenvalue weighted by Crippen LogP contribution is -1.99. The fourth-order valence-electron chi connectivity index (χ4n) is 1.22. The second kappa shape index (κ2) is 3.18. The maximum absolute atomic E-state index is 3.40. The van der Waals surface area contributed by atoms with Crippen LogP contribution in [0, 0.1) is 0 Å². The van der Waals surface area contributed by atoms with E-state index in [1.165, 1.54) is 22.8 Å². The molecule has 0 radical (unpaired) electrons. The van der Waals surface area contributed by atoms with E-state index in [1.807, 2.05) is 11.8 Å². The summed E-state index contributed by atoms with van der Waals surface area (Å²) in [6.07, 6.45) is 1.26. The van der Waals surface area contributed by atoms with E-state index in [4.69, 9.17) is 0 Å². The quantitative estimate of drug-likeness (QED) is 0.634. The summed E-state index contributed by atoms with van der Waals surface area (Å²) < 4.78 is 0. The molecule has 2 rings (SSSR count). The molecular formula is C9H11NS. The number of fused-ring (bicyclic) bond motifs is 1. The molecule has 2 heteroatoms. The Balaban J connectivity index is 2.33. The average molecular weight is 165 g/mol. The maximum atomic E-state index is 3.40. The highest BCUT2D eigenvalue weighted by Gasteiger charge is 2.04. The largest absolute Gasteiger partial charge is 0.384 e.